The summed E-state index contributed by atoms with van der Waals surface area (Å²) < 4.78 is 5.58. The molecule has 0 atom stereocenters. The number of aryl methyl sites for hydroxylation is 1. The highest BCUT2D eigenvalue weighted by molar-refractivity contribution is 5.91. The summed E-state index contributed by atoms with van der Waals surface area (Å²) in [7, 11) is 0. The third-order valence-corrected chi connectivity index (χ3v) is 3.08. The van der Waals surface area contributed by atoms with E-state index in [-0.39, 0.29) is 12.5 Å². The predicted octanol–water partition coefficient (Wildman–Crippen LogP) is 2.51. The minimum atomic E-state index is -0.179. The predicted molar refractivity (Wildman–Crippen MR) is 84.5 cm³/mol. The van der Waals surface area contributed by atoms with Gasteiger partial charge in [-0.3, -0.25) is 4.79 Å². The van der Waals surface area contributed by atoms with Gasteiger partial charge in [0.1, 0.15) is 5.75 Å². The number of carbonyl (C=O) groups is 1. The van der Waals surface area contributed by atoms with Gasteiger partial charge in [0.25, 0.3) is 5.91 Å². The number of amides is 1. The number of nitrogens with one attached hydrogen (secondary N) is 1. The zero-order valence-corrected chi connectivity index (χ0v) is 12.1. The topological polar surface area (TPSA) is 64.3 Å². The Kier molecular flexibility index (Phi) is 5.35. The van der Waals surface area contributed by atoms with Crippen LogP contribution in [0.3, 0.4) is 0 Å². The molecule has 1 amide bonds. The van der Waals surface area contributed by atoms with Crippen molar-refractivity contribution in [3.8, 4) is 5.75 Å². The maximum absolute atomic E-state index is 11.9. The van der Waals surface area contributed by atoms with E-state index >= 15 is 0 Å². The Bertz CT molecular complexity index is 594. The Balaban J connectivity index is 1.90. The van der Waals surface area contributed by atoms with Crippen molar-refractivity contribution in [2.75, 3.05) is 18.5 Å². The summed E-state index contributed by atoms with van der Waals surface area (Å²) in [5.74, 6) is 0.531. The fourth-order valence-electron chi connectivity index (χ4n) is 1.98. The number of para-hydroxylation sites is 1. The molecule has 0 saturated heterocycles. The molecule has 2 aromatic rings. The van der Waals surface area contributed by atoms with Crippen molar-refractivity contribution in [1.82, 2.24) is 0 Å². The summed E-state index contributed by atoms with van der Waals surface area (Å²) in [6.45, 7) is 2.54. The summed E-state index contributed by atoms with van der Waals surface area (Å²) in [5.41, 5.74) is 8.50. The van der Waals surface area contributed by atoms with Gasteiger partial charge in [-0.25, -0.2) is 0 Å². The highest BCUT2D eigenvalue weighted by Crippen LogP contribution is 2.18. The Morgan fingerprint density at radius 2 is 1.86 bits per heavy atom. The van der Waals surface area contributed by atoms with Gasteiger partial charge in [0.05, 0.1) is 0 Å². The molecule has 21 heavy (non-hydrogen) atoms. The molecular formula is C17H20N2O2. The third-order valence-electron chi connectivity index (χ3n) is 3.08. The van der Waals surface area contributed by atoms with Gasteiger partial charge >= 0.3 is 0 Å². The van der Waals surface area contributed by atoms with Crippen LogP contribution in [0.5, 0.6) is 5.75 Å². The summed E-state index contributed by atoms with van der Waals surface area (Å²) >= 11 is 0. The van der Waals surface area contributed by atoms with E-state index in [1.54, 1.807) is 0 Å². The zero-order chi connectivity index (χ0) is 15.1. The summed E-state index contributed by atoms with van der Waals surface area (Å²) in [6, 6.07) is 15.3. The largest absolute Gasteiger partial charge is 0.483 e. The van der Waals surface area contributed by atoms with E-state index in [0.717, 1.165) is 23.2 Å². The minimum absolute atomic E-state index is 0.0184. The average Bonchev–Trinajstić information content (AvgIpc) is 2.49. The number of hydrogen-bond donors (Lipinski definition) is 2. The van der Waals surface area contributed by atoms with Crippen molar-refractivity contribution in [2.45, 2.75) is 13.3 Å². The van der Waals surface area contributed by atoms with Crippen molar-refractivity contribution >= 4 is 11.6 Å². The molecule has 110 valence electrons. The minimum Gasteiger partial charge on any atom is -0.483 e. The lowest BCUT2D eigenvalue weighted by Crippen LogP contribution is -2.20. The molecule has 3 N–H and O–H groups in total. The maximum Gasteiger partial charge on any atom is 0.262 e. The lowest BCUT2D eigenvalue weighted by atomic mass is 10.1. The van der Waals surface area contributed by atoms with E-state index in [1.165, 1.54) is 0 Å². The van der Waals surface area contributed by atoms with Crippen LogP contribution in [-0.2, 0) is 11.2 Å². The van der Waals surface area contributed by atoms with Crippen LogP contribution in [0.2, 0.25) is 0 Å². The van der Waals surface area contributed by atoms with Crippen LogP contribution in [0, 0.1) is 6.92 Å². The molecule has 0 unspecified atom stereocenters. The molecule has 0 aliphatic carbocycles. The Labute approximate surface area is 124 Å². The standard InChI is InChI=1S/C17H20N2O2/c1-13-6-8-15(9-7-13)19-17(20)12-21-16-5-3-2-4-14(16)10-11-18/h2-9H,10-12,18H2,1H3,(H,19,20). The number of nitrogens with two attached hydrogens (primary N) is 1. The second-order valence-corrected chi connectivity index (χ2v) is 4.85. The van der Waals surface area contributed by atoms with Crippen molar-refractivity contribution in [1.29, 1.82) is 0 Å². The van der Waals surface area contributed by atoms with E-state index in [0.29, 0.717) is 12.3 Å². The Morgan fingerprint density at radius 3 is 2.57 bits per heavy atom. The van der Waals surface area contributed by atoms with Crippen LogP contribution in [0.25, 0.3) is 0 Å². The van der Waals surface area contributed by atoms with E-state index in [4.69, 9.17) is 10.5 Å². The van der Waals surface area contributed by atoms with Gasteiger partial charge in [-0.2, -0.15) is 0 Å². The molecule has 0 aliphatic heterocycles. The van der Waals surface area contributed by atoms with Crippen molar-refractivity contribution in [3.05, 3.63) is 59.7 Å². The van der Waals surface area contributed by atoms with Gasteiger partial charge in [-0.1, -0.05) is 35.9 Å². The smallest absolute Gasteiger partial charge is 0.262 e. The summed E-state index contributed by atoms with van der Waals surface area (Å²) in [5, 5.41) is 2.80. The van der Waals surface area contributed by atoms with Crippen LogP contribution in [0.15, 0.2) is 48.5 Å². The first-order chi connectivity index (χ1) is 10.2. The first kappa shape index (κ1) is 15.1. The molecule has 0 radical (unpaired) electrons. The fraction of sp³-hybridized carbons (Fsp3) is 0.235. The molecule has 4 nitrogen and oxygen atoms in total. The highest BCUT2D eigenvalue weighted by Gasteiger charge is 2.06. The Hall–Kier alpha value is -2.33. The molecule has 0 aromatic heterocycles. The van der Waals surface area contributed by atoms with Gasteiger partial charge < -0.3 is 15.8 Å². The van der Waals surface area contributed by atoms with Crippen LogP contribution in [0.1, 0.15) is 11.1 Å². The molecule has 2 rings (SSSR count). The molecule has 0 bridgehead atoms. The maximum atomic E-state index is 11.9. The van der Waals surface area contributed by atoms with Crippen LogP contribution >= 0.6 is 0 Å². The van der Waals surface area contributed by atoms with Crippen LogP contribution < -0.4 is 15.8 Å². The third kappa shape index (κ3) is 4.61. The van der Waals surface area contributed by atoms with E-state index in [2.05, 4.69) is 5.32 Å². The number of carbonyl (C=O) groups excluding carboxylic acids is 1. The van der Waals surface area contributed by atoms with Crippen molar-refractivity contribution < 1.29 is 9.53 Å². The second kappa shape index (κ2) is 7.45. The normalized spacial score (nSPS) is 10.2. The number of ether oxygens (including phenoxy) is 1. The summed E-state index contributed by atoms with van der Waals surface area (Å²) in [4.78, 5) is 11.9. The first-order valence-corrected chi connectivity index (χ1v) is 6.96. The monoisotopic (exact) mass is 284 g/mol. The van der Waals surface area contributed by atoms with Crippen molar-refractivity contribution in [2.24, 2.45) is 5.73 Å². The molecule has 0 heterocycles. The van der Waals surface area contributed by atoms with Gasteiger partial charge in [-0.05, 0) is 43.7 Å². The molecule has 0 saturated carbocycles. The number of rotatable bonds is 6. The highest BCUT2D eigenvalue weighted by atomic mass is 16.5. The van der Waals surface area contributed by atoms with Crippen molar-refractivity contribution in [3.63, 3.8) is 0 Å². The van der Waals surface area contributed by atoms with E-state index < -0.39 is 0 Å². The quantitative estimate of drug-likeness (QED) is 0.856. The lowest BCUT2D eigenvalue weighted by molar-refractivity contribution is -0.118. The zero-order valence-electron chi connectivity index (χ0n) is 12.1. The van der Waals surface area contributed by atoms with E-state index in [1.807, 2.05) is 55.5 Å². The number of anilines is 1. The molecule has 0 aliphatic rings. The van der Waals surface area contributed by atoms with Gasteiger partial charge in [0.15, 0.2) is 6.61 Å². The molecule has 0 fully saturated rings. The van der Waals surface area contributed by atoms with Crippen LogP contribution in [0.4, 0.5) is 5.69 Å². The fourth-order valence-corrected chi connectivity index (χ4v) is 1.98. The van der Waals surface area contributed by atoms with Gasteiger partial charge in [0.2, 0.25) is 0 Å². The summed E-state index contributed by atoms with van der Waals surface area (Å²) in [6.07, 6.45) is 0.732. The molecule has 4 heteroatoms. The molecule has 0 spiro atoms. The molecular weight excluding hydrogens is 264 g/mol. The van der Waals surface area contributed by atoms with Crippen LogP contribution in [-0.4, -0.2) is 19.1 Å². The SMILES string of the molecule is Cc1ccc(NC(=O)COc2ccccc2CCN)cc1. The first-order valence-electron chi connectivity index (χ1n) is 6.96. The average molecular weight is 284 g/mol. The van der Waals surface area contributed by atoms with E-state index in [9.17, 15) is 4.79 Å². The number of benzene rings is 2. The number of hydrogen-bond acceptors (Lipinski definition) is 3. The van der Waals surface area contributed by atoms with Gasteiger partial charge in [0, 0.05) is 5.69 Å². The Morgan fingerprint density at radius 1 is 1.14 bits per heavy atom. The van der Waals surface area contributed by atoms with Gasteiger partial charge in [-0.15, -0.1) is 0 Å². The lowest BCUT2D eigenvalue weighted by Gasteiger charge is -2.11. The molecule has 2 aromatic carbocycles. The second-order valence-electron chi connectivity index (χ2n) is 4.85.